The number of aliphatic carboxylic acids is 1. The lowest BCUT2D eigenvalue weighted by Gasteiger charge is -2.22. The highest BCUT2D eigenvalue weighted by atomic mass is 35.5. The standard InChI is InChI=1S/C12H16ClNO4/c13-9-3-1-8(2-4-9)12(18)10(7-11(16)17)14-5-6-15/h1-4,10,12,14-15,18H,5-7H2,(H,16,17). The second-order valence-electron chi connectivity index (χ2n) is 3.88. The van der Waals surface area contributed by atoms with E-state index in [4.69, 9.17) is 21.8 Å². The van der Waals surface area contributed by atoms with Crippen molar-refractivity contribution in [2.45, 2.75) is 18.6 Å². The van der Waals surface area contributed by atoms with Crippen LogP contribution in [0.3, 0.4) is 0 Å². The summed E-state index contributed by atoms with van der Waals surface area (Å²) in [5.41, 5.74) is 0.580. The molecule has 6 heteroatoms. The summed E-state index contributed by atoms with van der Waals surface area (Å²) in [5, 5.41) is 31.0. The molecule has 100 valence electrons. The Hall–Kier alpha value is -1.14. The normalized spacial score (nSPS) is 14.2. The third-order valence-electron chi connectivity index (χ3n) is 2.51. The first-order chi connectivity index (χ1) is 8.54. The fourth-order valence-corrected chi connectivity index (χ4v) is 1.75. The maximum atomic E-state index is 10.7. The number of carboxylic acids is 1. The molecule has 0 radical (unpaired) electrons. The summed E-state index contributed by atoms with van der Waals surface area (Å²) >= 11 is 5.74. The van der Waals surface area contributed by atoms with E-state index in [1.54, 1.807) is 24.3 Å². The first kappa shape index (κ1) is 14.9. The fourth-order valence-electron chi connectivity index (χ4n) is 1.63. The Balaban J connectivity index is 2.76. The van der Waals surface area contributed by atoms with Gasteiger partial charge in [-0.25, -0.2) is 0 Å². The zero-order valence-electron chi connectivity index (χ0n) is 9.71. The van der Waals surface area contributed by atoms with Crippen LogP contribution in [0.2, 0.25) is 5.02 Å². The van der Waals surface area contributed by atoms with Crippen molar-refractivity contribution in [3.05, 3.63) is 34.9 Å². The molecule has 0 aliphatic carbocycles. The maximum absolute atomic E-state index is 10.7. The molecule has 2 atom stereocenters. The number of halogens is 1. The highest BCUT2D eigenvalue weighted by Crippen LogP contribution is 2.21. The van der Waals surface area contributed by atoms with Crippen molar-refractivity contribution in [2.24, 2.45) is 0 Å². The molecule has 1 aromatic carbocycles. The molecular weight excluding hydrogens is 258 g/mol. The quantitative estimate of drug-likeness (QED) is 0.590. The molecule has 0 saturated heterocycles. The van der Waals surface area contributed by atoms with Crippen LogP contribution in [0.15, 0.2) is 24.3 Å². The summed E-state index contributed by atoms with van der Waals surface area (Å²) in [5.74, 6) is -1.02. The van der Waals surface area contributed by atoms with Gasteiger partial charge in [-0.3, -0.25) is 4.79 Å². The number of nitrogens with one attached hydrogen (secondary N) is 1. The van der Waals surface area contributed by atoms with Gasteiger partial charge in [0.15, 0.2) is 0 Å². The van der Waals surface area contributed by atoms with E-state index in [1.165, 1.54) is 0 Å². The largest absolute Gasteiger partial charge is 0.481 e. The monoisotopic (exact) mass is 273 g/mol. The number of hydrogen-bond donors (Lipinski definition) is 4. The molecule has 0 aliphatic heterocycles. The van der Waals surface area contributed by atoms with Gasteiger partial charge in [0.1, 0.15) is 0 Å². The van der Waals surface area contributed by atoms with Gasteiger partial charge in [0.25, 0.3) is 0 Å². The second-order valence-corrected chi connectivity index (χ2v) is 4.31. The van der Waals surface area contributed by atoms with Gasteiger partial charge in [-0.05, 0) is 17.7 Å². The maximum Gasteiger partial charge on any atom is 0.305 e. The molecule has 1 rings (SSSR count). The van der Waals surface area contributed by atoms with Crippen LogP contribution in [0.25, 0.3) is 0 Å². The Morgan fingerprint density at radius 3 is 2.44 bits per heavy atom. The second kappa shape index (κ2) is 7.33. The number of benzene rings is 1. The van der Waals surface area contributed by atoms with Crippen LogP contribution >= 0.6 is 11.6 Å². The smallest absolute Gasteiger partial charge is 0.305 e. The molecule has 0 aromatic heterocycles. The van der Waals surface area contributed by atoms with Gasteiger partial charge in [0.05, 0.1) is 19.1 Å². The van der Waals surface area contributed by atoms with E-state index >= 15 is 0 Å². The first-order valence-corrected chi connectivity index (χ1v) is 5.92. The minimum absolute atomic E-state index is 0.122. The molecule has 0 heterocycles. The highest BCUT2D eigenvalue weighted by Gasteiger charge is 2.22. The van der Waals surface area contributed by atoms with E-state index < -0.39 is 18.1 Å². The van der Waals surface area contributed by atoms with Crippen LogP contribution in [0.1, 0.15) is 18.1 Å². The number of carbonyl (C=O) groups is 1. The van der Waals surface area contributed by atoms with E-state index in [-0.39, 0.29) is 19.6 Å². The SMILES string of the molecule is O=C(O)CC(NCCO)C(O)c1ccc(Cl)cc1. The summed E-state index contributed by atoms with van der Waals surface area (Å²) in [6.07, 6.45) is -1.20. The minimum atomic E-state index is -1.02. The molecule has 0 aliphatic rings. The zero-order chi connectivity index (χ0) is 13.5. The van der Waals surface area contributed by atoms with Crippen LogP contribution in [0, 0.1) is 0 Å². The third-order valence-corrected chi connectivity index (χ3v) is 2.76. The van der Waals surface area contributed by atoms with Crippen LogP contribution in [0.4, 0.5) is 0 Å². The topological polar surface area (TPSA) is 89.8 Å². The average molecular weight is 274 g/mol. The molecule has 5 nitrogen and oxygen atoms in total. The van der Waals surface area contributed by atoms with Crippen molar-refractivity contribution in [1.29, 1.82) is 0 Å². The Labute approximate surface area is 110 Å². The Bertz CT molecular complexity index is 382. The molecular formula is C12H16ClNO4. The van der Waals surface area contributed by atoms with Crippen LogP contribution in [0.5, 0.6) is 0 Å². The number of aliphatic hydroxyl groups is 2. The summed E-state index contributed by atoms with van der Waals surface area (Å²) in [6.45, 7) is 0.103. The first-order valence-electron chi connectivity index (χ1n) is 5.54. The van der Waals surface area contributed by atoms with Crippen LogP contribution in [-0.2, 0) is 4.79 Å². The molecule has 0 saturated carbocycles. The predicted octanol–water partition coefficient (Wildman–Crippen LogP) is 0.799. The number of hydrogen-bond acceptors (Lipinski definition) is 4. The molecule has 4 N–H and O–H groups in total. The Morgan fingerprint density at radius 1 is 1.33 bits per heavy atom. The van der Waals surface area contributed by atoms with Gasteiger partial charge in [0, 0.05) is 17.6 Å². The van der Waals surface area contributed by atoms with Crippen molar-refractivity contribution in [3.63, 3.8) is 0 Å². The van der Waals surface area contributed by atoms with E-state index in [9.17, 15) is 9.90 Å². The fraction of sp³-hybridized carbons (Fsp3) is 0.417. The molecule has 18 heavy (non-hydrogen) atoms. The summed E-state index contributed by atoms with van der Waals surface area (Å²) in [7, 11) is 0. The molecule has 1 aromatic rings. The summed E-state index contributed by atoms with van der Waals surface area (Å²) in [4.78, 5) is 10.7. The van der Waals surface area contributed by atoms with Crippen molar-refractivity contribution >= 4 is 17.6 Å². The predicted molar refractivity (Wildman–Crippen MR) is 67.5 cm³/mol. The lowest BCUT2D eigenvalue weighted by atomic mass is 10.00. The van der Waals surface area contributed by atoms with Gasteiger partial charge in [-0.15, -0.1) is 0 Å². The molecule has 0 fully saturated rings. The Morgan fingerprint density at radius 2 is 1.94 bits per heavy atom. The number of aliphatic hydroxyl groups excluding tert-OH is 2. The third kappa shape index (κ3) is 4.62. The van der Waals surface area contributed by atoms with Crippen LogP contribution in [-0.4, -0.2) is 40.5 Å². The van der Waals surface area contributed by atoms with E-state index in [0.29, 0.717) is 10.6 Å². The van der Waals surface area contributed by atoms with E-state index in [1.807, 2.05) is 0 Å². The highest BCUT2D eigenvalue weighted by molar-refractivity contribution is 6.30. The molecule has 0 bridgehead atoms. The molecule has 2 unspecified atom stereocenters. The Kier molecular flexibility index (Phi) is 6.07. The van der Waals surface area contributed by atoms with Crippen LogP contribution < -0.4 is 5.32 Å². The average Bonchev–Trinajstić information content (AvgIpc) is 2.34. The molecule has 0 amide bonds. The van der Waals surface area contributed by atoms with E-state index in [0.717, 1.165) is 0 Å². The van der Waals surface area contributed by atoms with Gasteiger partial charge < -0.3 is 20.6 Å². The van der Waals surface area contributed by atoms with Gasteiger partial charge in [-0.2, -0.15) is 0 Å². The molecule has 0 spiro atoms. The van der Waals surface area contributed by atoms with Crippen molar-refractivity contribution in [1.82, 2.24) is 5.32 Å². The zero-order valence-corrected chi connectivity index (χ0v) is 10.5. The summed E-state index contributed by atoms with van der Waals surface area (Å²) in [6, 6.07) is 5.88. The van der Waals surface area contributed by atoms with Crippen molar-refractivity contribution < 1.29 is 20.1 Å². The van der Waals surface area contributed by atoms with Gasteiger partial charge in [0.2, 0.25) is 0 Å². The summed E-state index contributed by atoms with van der Waals surface area (Å²) < 4.78 is 0. The number of rotatable bonds is 7. The number of carboxylic acid groups (broad SMARTS) is 1. The lowest BCUT2D eigenvalue weighted by Crippen LogP contribution is -2.38. The van der Waals surface area contributed by atoms with Gasteiger partial charge >= 0.3 is 5.97 Å². The van der Waals surface area contributed by atoms with Crippen molar-refractivity contribution in [3.8, 4) is 0 Å². The minimum Gasteiger partial charge on any atom is -0.481 e. The van der Waals surface area contributed by atoms with Crippen molar-refractivity contribution in [2.75, 3.05) is 13.2 Å². The van der Waals surface area contributed by atoms with Gasteiger partial charge in [-0.1, -0.05) is 23.7 Å². The van der Waals surface area contributed by atoms with E-state index in [2.05, 4.69) is 5.32 Å². The lowest BCUT2D eigenvalue weighted by molar-refractivity contribution is -0.138.